The van der Waals surface area contributed by atoms with Crippen molar-refractivity contribution in [3.05, 3.63) is 41.1 Å². The number of carbonyl (C=O) groups excluding carboxylic acids is 1. The second-order valence-electron chi connectivity index (χ2n) is 7.03. The minimum absolute atomic E-state index is 0.0588. The molecule has 26 heavy (non-hydrogen) atoms. The molecule has 0 saturated carbocycles. The SMILES string of the molecule is Cc1cc(C)cc(Nc2nc(N[C@@H](CN)CC(C)C)ncc2C(N)=O)c1. The minimum Gasteiger partial charge on any atom is -0.365 e. The maximum absolute atomic E-state index is 11.7. The number of hydrogen-bond donors (Lipinski definition) is 4. The molecule has 2 aromatic rings. The van der Waals surface area contributed by atoms with Crippen LogP contribution in [0.25, 0.3) is 0 Å². The Morgan fingerprint density at radius 3 is 2.38 bits per heavy atom. The van der Waals surface area contributed by atoms with E-state index in [0.29, 0.717) is 24.2 Å². The van der Waals surface area contributed by atoms with Crippen molar-refractivity contribution in [1.82, 2.24) is 9.97 Å². The molecule has 140 valence electrons. The van der Waals surface area contributed by atoms with Crippen molar-refractivity contribution in [2.24, 2.45) is 17.4 Å². The maximum atomic E-state index is 11.7. The Kier molecular flexibility index (Phi) is 6.52. The molecule has 1 atom stereocenters. The number of nitrogens with one attached hydrogen (secondary N) is 2. The summed E-state index contributed by atoms with van der Waals surface area (Å²) in [5.41, 5.74) is 14.6. The highest BCUT2D eigenvalue weighted by atomic mass is 16.1. The summed E-state index contributed by atoms with van der Waals surface area (Å²) in [7, 11) is 0. The molecule has 0 spiro atoms. The van der Waals surface area contributed by atoms with E-state index in [1.807, 2.05) is 26.0 Å². The molecule has 6 N–H and O–H groups in total. The third-order valence-electron chi connectivity index (χ3n) is 3.91. The molecule has 1 aromatic heterocycles. The highest BCUT2D eigenvalue weighted by Crippen LogP contribution is 2.22. The zero-order valence-electron chi connectivity index (χ0n) is 15.8. The molecule has 2 rings (SSSR count). The van der Waals surface area contributed by atoms with Crippen LogP contribution in [0.5, 0.6) is 0 Å². The first-order chi connectivity index (χ1) is 12.3. The number of benzene rings is 1. The second-order valence-corrected chi connectivity index (χ2v) is 7.03. The largest absolute Gasteiger partial charge is 0.365 e. The standard InChI is InChI=1S/C19H28N6O/c1-11(2)5-15(9-20)24-19-22-10-16(17(21)26)18(25-19)23-14-7-12(3)6-13(4)8-14/h6-8,10-11,15H,5,9,20H2,1-4H3,(H2,21,26)(H2,22,23,24,25)/t15-/m1/s1. The summed E-state index contributed by atoms with van der Waals surface area (Å²) < 4.78 is 0. The van der Waals surface area contributed by atoms with Crippen molar-refractivity contribution in [3.8, 4) is 0 Å². The fourth-order valence-corrected chi connectivity index (χ4v) is 2.88. The Labute approximate surface area is 154 Å². The van der Waals surface area contributed by atoms with E-state index in [-0.39, 0.29) is 11.6 Å². The molecule has 0 aliphatic heterocycles. The van der Waals surface area contributed by atoms with Gasteiger partial charge in [0.15, 0.2) is 0 Å². The first-order valence-corrected chi connectivity index (χ1v) is 8.77. The van der Waals surface area contributed by atoms with E-state index in [9.17, 15) is 4.79 Å². The third kappa shape index (κ3) is 5.42. The van der Waals surface area contributed by atoms with Gasteiger partial charge in [0, 0.05) is 24.5 Å². The molecule has 0 saturated heterocycles. The quantitative estimate of drug-likeness (QED) is 0.577. The number of carbonyl (C=O) groups is 1. The van der Waals surface area contributed by atoms with Crippen LogP contribution in [0.4, 0.5) is 17.5 Å². The van der Waals surface area contributed by atoms with Crippen molar-refractivity contribution < 1.29 is 4.79 Å². The number of rotatable bonds is 8. The molecule has 0 aliphatic rings. The Bertz CT molecular complexity index is 754. The predicted molar refractivity (Wildman–Crippen MR) is 106 cm³/mol. The molecule has 0 unspecified atom stereocenters. The highest BCUT2D eigenvalue weighted by molar-refractivity contribution is 5.98. The Balaban J connectivity index is 2.31. The van der Waals surface area contributed by atoms with Gasteiger partial charge in [-0.3, -0.25) is 4.79 Å². The lowest BCUT2D eigenvalue weighted by Crippen LogP contribution is -2.31. The van der Waals surface area contributed by atoms with E-state index in [0.717, 1.165) is 23.2 Å². The molecule has 7 nitrogen and oxygen atoms in total. The van der Waals surface area contributed by atoms with Crippen LogP contribution in [0.1, 0.15) is 41.8 Å². The molecular weight excluding hydrogens is 328 g/mol. The van der Waals surface area contributed by atoms with Gasteiger partial charge in [-0.1, -0.05) is 19.9 Å². The Morgan fingerprint density at radius 2 is 1.85 bits per heavy atom. The van der Waals surface area contributed by atoms with E-state index in [1.165, 1.54) is 6.20 Å². The average Bonchev–Trinajstić information content (AvgIpc) is 2.52. The van der Waals surface area contributed by atoms with Gasteiger partial charge in [-0.2, -0.15) is 4.98 Å². The van der Waals surface area contributed by atoms with Crippen LogP contribution in [0.3, 0.4) is 0 Å². The fraction of sp³-hybridized carbons (Fsp3) is 0.421. The van der Waals surface area contributed by atoms with Gasteiger partial charge >= 0.3 is 0 Å². The first-order valence-electron chi connectivity index (χ1n) is 8.77. The van der Waals surface area contributed by atoms with Gasteiger partial charge in [-0.05, 0) is 49.4 Å². The maximum Gasteiger partial charge on any atom is 0.254 e. The summed E-state index contributed by atoms with van der Waals surface area (Å²) in [5.74, 6) is 0.702. The monoisotopic (exact) mass is 356 g/mol. The van der Waals surface area contributed by atoms with Gasteiger partial charge in [-0.25, -0.2) is 4.98 Å². The Morgan fingerprint density at radius 1 is 1.19 bits per heavy atom. The molecule has 1 aromatic carbocycles. The minimum atomic E-state index is -0.582. The number of aryl methyl sites for hydroxylation is 2. The average molecular weight is 356 g/mol. The van der Waals surface area contributed by atoms with E-state index in [4.69, 9.17) is 11.5 Å². The zero-order chi connectivity index (χ0) is 19.3. The molecule has 1 heterocycles. The van der Waals surface area contributed by atoms with Crippen molar-refractivity contribution >= 4 is 23.4 Å². The number of aromatic nitrogens is 2. The number of primary amides is 1. The molecule has 1 amide bonds. The van der Waals surface area contributed by atoms with Crippen molar-refractivity contribution in [2.45, 2.75) is 40.2 Å². The highest BCUT2D eigenvalue weighted by Gasteiger charge is 2.15. The van der Waals surface area contributed by atoms with E-state index >= 15 is 0 Å². The van der Waals surface area contributed by atoms with E-state index in [1.54, 1.807) is 0 Å². The van der Waals surface area contributed by atoms with Crippen LogP contribution >= 0.6 is 0 Å². The number of nitrogens with two attached hydrogens (primary N) is 2. The normalized spacial score (nSPS) is 12.1. The van der Waals surface area contributed by atoms with Crippen LogP contribution in [0.2, 0.25) is 0 Å². The van der Waals surface area contributed by atoms with Crippen LogP contribution in [-0.4, -0.2) is 28.5 Å². The van der Waals surface area contributed by atoms with Gasteiger partial charge in [0.05, 0.1) is 0 Å². The molecular formula is C19H28N6O. The van der Waals surface area contributed by atoms with Gasteiger partial charge in [0.25, 0.3) is 5.91 Å². The molecule has 0 aliphatic carbocycles. The van der Waals surface area contributed by atoms with Gasteiger partial charge in [-0.15, -0.1) is 0 Å². The van der Waals surface area contributed by atoms with E-state index < -0.39 is 5.91 Å². The molecule has 0 radical (unpaired) electrons. The number of nitrogens with zero attached hydrogens (tertiary/aromatic N) is 2. The van der Waals surface area contributed by atoms with Gasteiger partial charge in [0.2, 0.25) is 5.95 Å². The topological polar surface area (TPSA) is 119 Å². The predicted octanol–water partition coefficient (Wildman–Crippen LogP) is 2.72. The smallest absolute Gasteiger partial charge is 0.254 e. The summed E-state index contributed by atoms with van der Waals surface area (Å²) >= 11 is 0. The summed E-state index contributed by atoms with van der Waals surface area (Å²) in [5, 5.41) is 6.42. The number of hydrogen-bond acceptors (Lipinski definition) is 6. The zero-order valence-corrected chi connectivity index (χ0v) is 15.8. The number of amides is 1. The fourth-order valence-electron chi connectivity index (χ4n) is 2.88. The van der Waals surface area contributed by atoms with Crippen molar-refractivity contribution in [2.75, 3.05) is 17.2 Å². The van der Waals surface area contributed by atoms with Crippen LogP contribution in [-0.2, 0) is 0 Å². The van der Waals surface area contributed by atoms with Crippen molar-refractivity contribution in [1.29, 1.82) is 0 Å². The second kappa shape index (κ2) is 8.62. The van der Waals surface area contributed by atoms with Crippen LogP contribution < -0.4 is 22.1 Å². The van der Waals surface area contributed by atoms with E-state index in [2.05, 4.69) is 40.5 Å². The van der Waals surface area contributed by atoms with Gasteiger partial charge in [0.1, 0.15) is 11.4 Å². The van der Waals surface area contributed by atoms with Crippen LogP contribution in [0, 0.1) is 19.8 Å². The van der Waals surface area contributed by atoms with Crippen molar-refractivity contribution in [3.63, 3.8) is 0 Å². The summed E-state index contributed by atoms with van der Waals surface area (Å²) in [6.07, 6.45) is 2.34. The summed E-state index contributed by atoms with van der Waals surface area (Å²) in [4.78, 5) is 20.4. The molecule has 0 fully saturated rings. The first kappa shape index (κ1) is 19.7. The molecule has 7 heteroatoms. The summed E-state index contributed by atoms with van der Waals surface area (Å²) in [6.45, 7) is 8.76. The van der Waals surface area contributed by atoms with Gasteiger partial charge < -0.3 is 22.1 Å². The lowest BCUT2D eigenvalue weighted by atomic mass is 10.0. The lowest BCUT2D eigenvalue weighted by Gasteiger charge is -2.19. The third-order valence-corrected chi connectivity index (χ3v) is 3.91. The molecule has 0 bridgehead atoms. The Hall–Kier alpha value is -2.67. The number of anilines is 3. The summed E-state index contributed by atoms with van der Waals surface area (Å²) in [6, 6.07) is 6.09. The lowest BCUT2D eigenvalue weighted by molar-refractivity contribution is 0.100. The van der Waals surface area contributed by atoms with Crippen LogP contribution in [0.15, 0.2) is 24.4 Å².